The molecule has 0 aromatic heterocycles. The van der Waals surface area contributed by atoms with Crippen LogP contribution in [0.4, 0.5) is 0 Å². The second-order valence-corrected chi connectivity index (χ2v) is 9.09. The highest BCUT2D eigenvalue weighted by molar-refractivity contribution is 5.84. The third-order valence-corrected chi connectivity index (χ3v) is 8.19. The number of rotatable bonds is 3. The van der Waals surface area contributed by atoms with Crippen LogP contribution in [0.2, 0.25) is 0 Å². The molecule has 0 bridgehead atoms. The Kier molecular flexibility index (Phi) is 2.86. The van der Waals surface area contributed by atoms with Crippen molar-refractivity contribution in [2.24, 2.45) is 23.2 Å². The van der Waals surface area contributed by atoms with Gasteiger partial charge in [0.15, 0.2) is 0 Å². The highest BCUT2D eigenvalue weighted by Crippen LogP contribution is 2.84. The van der Waals surface area contributed by atoms with Crippen LogP contribution < -0.4 is 0 Å². The lowest BCUT2D eigenvalue weighted by Crippen LogP contribution is -2.31. The van der Waals surface area contributed by atoms with Crippen molar-refractivity contribution in [2.75, 3.05) is 0 Å². The molecule has 5 aliphatic carbocycles. The molecule has 0 N–H and O–H groups in total. The molecule has 1 aromatic rings. The molecule has 6 rings (SSSR count). The van der Waals surface area contributed by atoms with Crippen molar-refractivity contribution in [3.05, 3.63) is 102 Å². The summed E-state index contributed by atoms with van der Waals surface area (Å²) in [7, 11) is 0. The Morgan fingerprint density at radius 1 is 1.19 bits per heavy atom. The van der Waals surface area contributed by atoms with Crippen LogP contribution in [0.25, 0.3) is 5.57 Å². The predicted octanol–water partition coefficient (Wildman–Crippen LogP) is 6.55. The molecule has 1 aromatic carbocycles. The first-order chi connectivity index (χ1) is 13.2. The third kappa shape index (κ3) is 1.66. The molecule has 1 spiro atoms. The lowest BCUT2D eigenvalue weighted by molar-refractivity contribution is 0.437. The molecule has 2 fully saturated rings. The predicted molar refractivity (Wildman–Crippen MR) is 113 cm³/mol. The summed E-state index contributed by atoms with van der Waals surface area (Å²) in [4.78, 5) is 0. The second kappa shape index (κ2) is 4.93. The first-order valence-electron chi connectivity index (χ1n) is 10.3. The fourth-order valence-electron chi connectivity index (χ4n) is 6.82. The Balaban J connectivity index is 1.61. The highest BCUT2D eigenvalue weighted by Gasteiger charge is 2.79. The molecule has 5 aliphatic rings. The van der Waals surface area contributed by atoms with E-state index in [-0.39, 0.29) is 5.41 Å². The maximum absolute atomic E-state index is 4.09. The molecular formula is C27H26. The third-order valence-electron chi connectivity index (χ3n) is 8.19. The van der Waals surface area contributed by atoms with Crippen molar-refractivity contribution in [3.63, 3.8) is 0 Å². The van der Waals surface area contributed by atoms with Gasteiger partial charge in [-0.15, -0.1) is 6.58 Å². The zero-order chi connectivity index (χ0) is 18.4. The Labute approximate surface area is 162 Å². The highest BCUT2D eigenvalue weighted by atomic mass is 14.8. The van der Waals surface area contributed by atoms with Gasteiger partial charge < -0.3 is 0 Å². The molecule has 0 heterocycles. The van der Waals surface area contributed by atoms with Gasteiger partial charge in [-0.1, -0.05) is 67.3 Å². The normalized spacial score (nSPS) is 40.0. The standard InChI is InChI=1S/C27H26/c1-4-18-10-12-21(14-19(18)5-2)26-16-27(26)23(13-11-20-15-25(20)27)17(3)22-8-6-7-9-24(22)26/h4-9,11-14,18,20,25H,1-2,10,15-16H2,3H3. The van der Waals surface area contributed by atoms with Crippen LogP contribution in [0.1, 0.15) is 37.3 Å². The van der Waals surface area contributed by atoms with E-state index in [1.807, 2.05) is 6.08 Å². The zero-order valence-corrected chi connectivity index (χ0v) is 16.0. The molecule has 27 heavy (non-hydrogen) atoms. The van der Waals surface area contributed by atoms with Gasteiger partial charge in [0.05, 0.1) is 0 Å². The van der Waals surface area contributed by atoms with Crippen LogP contribution >= 0.6 is 0 Å². The largest absolute Gasteiger partial charge is 0.102 e. The minimum Gasteiger partial charge on any atom is -0.102 e. The van der Waals surface area contributed by atoms with E-state index in [1.54, 1.807) is 11.1 Å². The van der Waals surface area contributed by atoms with Gasteiger partial charge in [0.1, 0.15) is 0 Å². The van der Waals surface area contributed by atoms with E-state index in [2.05, 4.69) is 74.7 Å². The lowest BCUT2D eigenvalue weighted by atomic mass is 9.64. The molecule has 0 amide bonds. The molecule has 0 saturated heterocycles. The van der Waals surface area contributed by atoms with Crippen molar-refractivity contribution < 1.29 is 0 Å². The van der Waals surface area contributed by atoms with Gasteiger partial charge in [-0.25, -0.2) is 0 Å². The molecule has 5 unspecified atom stereocenters. The minimum absolute atomic E-state index is 0.170. The van der Waals surface area contributed by atoms with E-state index in [0.717, 1.165) is 18.3 Å². The van der Waals surface area contributed by atoms with Crippen LogP contribution in [0.15, 0.2) is 90.6 Å². The number of benzene rings is 1. The van der Waals surface area contributed by atoms with E-state index in [4.69, 9.17) is 0 Å². The van der Waals surface area contributed by atoms with Crippen molar-refractivity contribution >= 4 is 5.57 Å². The van der Waals surface area contributed by atoms with Crippen molar-refractivity contribution in [1.82, 2.24) is 0 Å². The number of hydrogen-bond acceptors (Lipinski definition) is 0. The van der Waals surface area contributed by atoms with Crippen LogP contribution in [0.5, 0.6) is 0 Å². The van der Waals surface area contributed by atoms with Gasteiger partial charge in [0.25, 0.3) is 0 Å². The second-order valence-electron chi connectivity index (χ2n) is 9.09. The first kappa shape index (κ1) is 15.7. The summed E-state index contributed by atoms with van der Waals surface area (Å²) in [5, 5.41) is 0. The maximum atomic E-state index is 4.09. The summed E-state index contributed by atoms with van der Waals surface area (Å²) < 4.78 is 0. The summed E-state index contributed by atoms with van der Waals surface area (Å²) in [5.74, 6) is 2.05. The molecule has 0 radical (unpaired) electrons. The monoisotopic (exact) mass is 350 g/mol. The smallest absolute Gasteiger partial charge is 0.0314 e. The van der Waals surface area contributed by atoms with Gasteiger partial charge in [0, 0.05) is 16.7 Å². The number of fused-ring (bicyclic) bond motifs is 3. The van der Waals surface area contributed by atoms with Crippen LogP contribution in [-0.4, -0.2) is 0 Å². The minimum atomic E-state index is 0.170. The number of allylic oxidation sites excluding steroid dienone is 10. The lowest BCUT2D eigenvalue weighted by Gasteiger charge is -2.39. The van der Waals surface area contributed by atoms with Gasteiger partial charge in [0.2, 0.25) is 0 Å². The van der Waals surface area contributed by atoms with Crippen molar-refractivity contribution in [1.29, 1.82) is 0 Å². The summed E-state index contributed by atoms with van der Waals surface area (Å²) in [6.07, 6.45) is 17.8. The summed E-state index contributed by atoms with van der Waals surface area (Å²) in [5.41, 5.74) is 9.54. The zero-order valence-electron chi connectivity index (χ0n) is 16.0. The van der Waals surface area contributed by atoms with E-state index in [0.29, 0.717) is 11.3 Å². The number of hydrogen-bond donors (Lipinski definition) is 0. The van der Waals surface area contributed by atoms with Crippen LogP contribution in [-0.2, 0) is 5.41 Å². The Hall–Kier alpha value is -2.34. The van der Waals surface area contributed by atoms with Gasteiger partial charge in [-0.2, -0.15) is 0 Å². The van der Waals surface area contributed by atoms with Gasteiger partial charge >= 0.3 is 0 Å². The molecule has 134 valence electrons. The molecule has 5 atom stereocenters. The van der Waals surface area contributed by atoms with Crippen LogP contribution in [0, 0.1) is 23.2 Å². The SMILES string of the molecule is C=CC1=CC(C23CC24C(=C(C)c2ccccc23)C=CC2CC24)=CCC1C=C. The van der Waals surface area contributed by atoms with Crippen molar-refractivity contribution in [3.8, 4) is 0 Å². The summed E-state index contributed by atoms with van der Waals surface area (Å²) >= 11 is 0. The average molecular weight is 351 g/mol. The fourth-order valence-corrected chi connectivity index (χ4v) is 6.82. The average Bonchev–Trinajstić information content (AvgIpc) is 3.62. The Morgan fingerprint density at radius 2 is 2.04 bits per heavy atom. The fraction of sp³-hybridized carbons (Fsp3) is 0.333. The maximum Gasteiger partial charge on any atom is 0.0314 e. The molecule has 0 aliphatic heterocycles. The molecule has 0 heteroatoms. The van der Waals surface area contributed by atoms with Crippen molar-refractivity contribution in [2.45, 2.75) is 31.6 Å². The van der Waals surface area contributed by atoms with E-state index >= 15 is 0 Å². The van der Waals surface area contributed by atoms with E-state index in [1.165, 1.54) is 35.1 Å². The molecular weight excluding hydrogens is 324 g/mol. The molecule has 0 nitrogen and oxygen atoms in total. The first-order valence-corrected chi connectivity index (χ1v) is 10.3. The quantitative estimate of drug-likeness (QED) is 0.542. The summed E-state index contributed by atoms with van der Waals surface area (Å²) in [6.45, 7) is 10.5. The van der Waals surface area contributed by atoms with Gasteiger partial charge in [-0.05, 0) is 71.4 Å². The molecule has 2 saturated carbocycles. The topological polar surface area (TPSA) is 0 Å². The van der Waals surface area contributed by atoms with E-state index < -0.39 is 0 Å². The summed E-state index contributed by atoms with van der Waals surface area (Å²) in [6, 6.07) is 9.18. The van der Waals surface area contributed by atoms with Crippen LogP contribution in [0.3, 0.4) is 0 Å². The van der Waals surface area contributed by atoms with Gasteiger partial charge in [-0.3, -0.25) is 0 Å². The Bertz CT molecular complexity index is 1030. The Morgan fingerprint density at radius 3 is 2.85 bits per heavy atom. The van der Waals surface area contributed by atoms with E-state index in [9.17, 15) is 0 Å².